The van der Waals surface area contributed by atoms with Gasteiger partial charge in [0.1, 0.15) is 18.2 Å². The Hall–Kier alpha value is -2.21. The molecule has 0 spiro atoms. The van der Waals surface area contributed by atoms with Crippen LogP contribution in [0.1, 0.15) is 24.4 Å². The summed E-state index contributed by atoms with van der Waals surface area (Å²) in [4.78, 5) is 12.5. The third-order valence-corrected chi connectivity index (χ3v) is 2.61. The van der Waals surface area contributed by atoms with Gasteiger partial charge in [0.25, 0.3) is 0 Å². The summed E-state index contributed by atoms with van der Waals surface area (Å²) in [5.74, 6) is 1.65. The van der Waals surface area contributed by atoms with Crippen LogP contribution in [0.4, 0.5) is 11.6 Å². The highest BCUT2D eigenvalue weighted by molar-refractivity contribution is 5.46. The van der Waals surface area contributed by atoms with E-state index in [1.807, 2.05) is 25.3 Å². The summed E-state index contributed by atoms with van der Waals surface area (Å²) in [5, 5.41) is 3.27. The van der Waals surface area contributed by atoms with Crippen molar-refractivity contribution in [3.63, 3.8) is 0 Å². The van der Waals surface area contributed by atoms with Gasteiger partial charge in [0.15, 0.2) is 5.82 Å². The summed E-state index contributed by atoms with van der Waals surface area (Å²) in [6.07, 6.45) is 3.56. The molecule has 100 valence electrons. The van der Waals surface area contributed by atoms with E-state index in [0.717, 1.165) is 5.56 Å². The highest BCUT2D eigenvalue weighted by Crippen LogP contribution is 2.18. The molecule has 6 heteroatoms. The molecule has 0 saturated carbocycles. The maximum atomic E-state index is 5.75. The maximum Gasteiger partial charge on any atom is 0.158 e. The second-order valence-electron chi connectivity index (χ2n) is 4.18. The van der Waals surface area contributed by atoms with Gasteiger partial charge in [0.2, 0.25) is 0 Å². The smallest absolute Gasteiger partial charge is 0.158 e. The van der Waals surface area contributed by atoms with E-state index in [4.69, 9.17) is 10.5 Å². The zero-order valence-electron chi connectivity index (χ0n) is 11.0. The van der Waals surface area contributed by atoms with Crippen LogP contribution in [0, 0.1) is 0 Å². The first-order chi connectivity index (χ1) is 9.19. The molecule has 2 aromatic heterocycles. The second-order valence-corrected chi connectivity index (χ2v) is 4.18. The first-order valence-electron chi connectivity index (χ1n) is 5.98. The SMILES string of the molecule is COCc1nc(N)cc(NC(C)c2cccnc2)n1. The van der Waals surface area contributed by atoms with Crippen molar-refractivity contribution in [2.24, 2.45) is 0 Å². The van der Waals surface area contributed by atoms with Crippen molar-refractivity contribution < 1.29 is 4.74 Å². The molecular formula is C13H17N5O. The Kier molecular flexibility index (Phi) is 4.25. The Bertz CT molecular complexity index is 532. The van der Waals surface area contributed by atoms with Crippen molar-refractivity contribution in [2.75, 3.05) is 18.2 Å². The van der Waals surface area contributed by atoms with Gasteiger partial charge in [-0.05, 0) is 18.6 Å². The van der Waals surface area contributed by atoms with E-state index in [-0.39, 0.29) is 6.04 Å². The Labute approximate surface area is 112 Å². The molecule has 6 nitrogen and oxygen atoms in total. The third kappa shape index (κ3) is 3.62. The molecule has 0 aliphatic rings. The molecule has 2 rings (SSSR count). The highest BCUT2D eigenvalue weighted by Gasteiger charge is 2.08. The van der Waals surface area contributed by atoms with Crippen LogP contribution in [0.2, 0.25) is 0 Å². The van der Waals surface area contributed by atoms with Crippen molar-refractivity contribution in [2.45, 2.75) is 19.6 Å². The Morgan fingerprint density at radius 3 is 2.95 bits per heavy atom. The number of hydrogen-bond donors (Lipinski definition) is 2. The number of nitrogen functional groups attached to an aromatic ring is 1. The van der Waals surface area contributed by atoms with E-state index in [2.05, 4.69) is 20.3 Å². The van der Waals surface area contributed by atoms with Gasteiger partial charge in [0, 0.05) is 25.6 Å². The van der Waals surface area contributed by atoms with Gasteiger partial charge in [-0.1, -0.05) is 6.07 Å². The summed E-state index contributed by atoms with van der Waals surface area (Å²) in [5.41, 5.74) is 6.82. The molecule has 0 aromatic carbocycles. The predicted molar refractivity (Wildman–Crippen MR) is 73.4 cm³/mol. The molecule has 0 radical (unpaired) electrons. The third-order valence-electron chi connectivity index (χ3n) is 2.61. The van der Waals surface area contributed by atoms with Crippen LogP contribution >= 0.6 is 0 Å². The Morgan fingerprint density at radius 1 is 1.42 bits per heavy atom. The molecule has 1 unspecified atom stereocenters. The second kappa shape index (κ2) is 6.10. The van der Waals surface area contributed by atoms with E-state index >= 15 is 0 Å². The number of rotatable bonds is 5. The van der Waals surface area contributed by atoms with E-state index in [1.54, 1.807) is 19.4 Å². The molecule has 0 bridgehead atoms. The van der Waals surface area contributed by atoms with E-state index in [1.165, 1.54) is 0 Å². The molecule has 0 saturated heterocycles. The summed E-state index contributed by atoms with van der Waals surface area (Å²) >= 11 is 0. The largest absolute Gasteiger partial charge is 0.384 e. The average molecular weight is 259 g/mol. The number of ether oxygens (including phenoxy) is 1. The molecule has 0 fully saturated rings. The predicted octanol–water partition coefficient (Wildman–Crippen LogP) is 1.77. The maximum absolute atomic E-state index is 5.75. The molecule has 19 heavy (non-hydrogen) atoms. The Morgan fingerprint density at radius 2 is 2.26 bits per heavy atom. The average Bonchev–Trinajstić information content (AvgIpc) is 2.39. The van der Waals surface area contributed by atoms with E-state index in [9.17, 15) is 0 Å². The quantitative estimate of drug-likeness (QED) is 0.851. The van der Waals surface area contributed by atoms with Crippen LogP contribution in [0.25, 0.3) is 0 Å². The van der Waals surface area contributed by atoms with E-state index in [0.29, 0.717) is 24.1 Å². The molecule has 0 amide bonds. The lowest BCUT2D eigenvalue weighted by molar-refractivity contribution is 0.178. The van der Waals surface area contributed by atoms with Crippen LogP contribution in [-0.4, -0.2) is 22.1 Å². The number of hydrogen-bond acceptors (Lipinski definition) is 6. The lowest BCUT2D eigenvalue weighted by Crippen LogP contribution is -2.11. The molecular weight excluding hydrogens is 242 g/mol. The fourth-order valence-electron chi connectivity index (χ4n) is 1.72. The molecule has 2 aromatic rings. The first-order valence-corrected chi connectivity index (χ1v) is 5.98. The number of nitrogens with one attached hydrogen (secondary N) is 1. The van der Waals surface area contributed by atoms with Crippen LogP contribution in [-0.2, 0) is 11.3 Å². The number of nitrogens with zero attached hydrogens (tertiary/aromatic N) is 3. The monoisotopic (exact) mass is 259 g/mol. The standard InChI is InChI=1S/C13H17N5O/c1-9(10-4-3-5-15-7-10)16-12-6-11(14)17-13(18-12)8-19-2/h3-7,9H,8H2,1-2H3,(H3,14,16,17,18). The van der Waals surface area contributed by atoms with Crippen molar-refractivity contribution in [1.82, 2.24) is 15.0 Å². The number of anilines is 2. The normalized spacial score (nSPS) is 12.1. The van der Waals surface area contributed by atoms with Gasteiger partial charge in [-0.2, -0.15) is 0 Å². The van der Waals surface area contributed by atoms with Crippen molar-refractivity contribution >= 4 is 11.6 Å². The van der Waals surface area contributed by atoms with Gasteiger partial charge in [0.05, 0.1) is 6.04 Å². The molecule has 0 aliphatic carbocycles. The zero-order chi connectivity index (χ0) is 13.7. The number of aromatic nitrogens is 3. The number of nitrogens with two attached hydrogens (primary N) is 1. The highest BCUT2D eigenvalue weighted by atomic mass is 16.5. The van der Waals surface area contributed by atoms with Crippen LogP contribution in [0.15, 0.2) is 30.6 Å². The minimum Gasteiger partial charge on any atom is -0.384 e. The lowest BCUT2D eigenvalue weighted by atomic mass is 10.1. The minimum absolute atomic E-state index is 0.0818. The fraction of sp³-hybridized carbons (Fsp3) is 0.308. The van der Waals surface area contributed by atoms with Crippen LogP contribution < -0.4 is 11.1 Å². The number of pyridine rings is 1. The van der Waals surface area contributed by atoms with Crippen LogP contribution in [0.5, 0.6) is 0 Å². The van der Waals surface area contributed by atoms with Crippen molar-refractivity contribution in [1.29, 1.82) is 0 Å². The van der Waals surface area contributed by atoms with Gasteiger partial charge < -0.3 is 15.8 Å². The zero-order valence-corrected chi connectivity index (χ0v) is 11.0. The lowest BCUT2D eigenvalue weighted by Gasteiger charge is -2.15. The summed E-state index contributed by atoms with van der Waals surface area (Å²) in [7, 11) is 1.60. The minimum atomic E-state index is 0.0818. The first kappa shape index (κ1) is 13.2. The van der Waals surface area contributed by atoms with Crippen LogP contribution in [0.3, 0.4) is 0 Å². The summed E-state index contributed by atoms with van der Waals surface area (Å²) in [6, 6.07) is 5.69. The van der Waals surface area contributed by atoms with Gasteiger partial charge in [-0.25, -0.2) is 9.97 Å². The molecule has 3 N–H and O–H groups in total. The molecule has 2 heterocycles. The van der Waals surface area contributed by atoms with Gasteiger partial charge in [-0.15, -0.1) is 0 Å². The van der Waals surface area contributed by atoms with Crippen molar-refractivity contribution in [3.05, 3.63) is 42.0 Å². The number of methoxy groups -OCH3 is 1. The van der Waals surface area contributed by atoms with Crippen molar-refractivity contribution in [3.8, 4) is 0 Å². The van der Waals surface area contributed by atoms with Gasteiger partial charge >= 0.3 is 0 Å². The fourth-order valence-corrected chi connectivity index (χ4v) is 1.72. The summed E-state index contributed by atoms with van der Waals surface area (Å²) in [6.45, 7) is 2.37. The molecule has 0 aliphatic heterocycles. The molecule has 1 atom stereocenters. The van der Waals surface area contributed by atoms with E-state index < -0.39 is 0 Å². The Balaban J connectivity index is 2.14. The summed E-state index contributed by atoms with van der Waals surface area (Å²) < 4.78 is 5.01. The van der Waals surface area contributed by atoms with Gasteiger partial charge in [-0.3, -0.25) is 4.98 Å². The topological polar surface area (TPSA) is 86.0 Å².